The average molecular weight is 154 g/mol. The molecule has 0 N–H and O–H groups in total. The normalized spacial score (nSPS) is 10.0. The van der Waals surface area contributed by atoms with Crippen LogP contribution in [0.25, 0.3) is 10.6 Å². The van der Waals surface area contributed by atoms with E-state index in [4.69, 9.17) is 0 Å². The van der Waals surface area contributed by atoms with Crippen LogP contribution >= 0.6 is 11.5 Å². The topological polar surface area (TPSA) is 64.7 Å². The lowest BCUT2D eigenvalue weighted by atomic mass is 10.4. The zero-order valence-corrected chi connectivity index (χ0v) is 5.58. The third-order valence-electron chi connectivity index (χ3n) is 0.974. The Balaban J connectivity index is 2.48. The molecule has 6 heteroatoms. The van der Waals surface area contributed by atoms with Gasteiger partial charge in [0.05, 0.1) is 11.1 Å². The molecule has 0 saturated heterocycles. The van der Waals surface area contributed by atoms with Crippen molar-refractivity contribution in [1.82, 2.24) is 20.0 Å². The lowest BCUT2D eigenvalue weighted by Gasteiger charge is -1.76. The molecule has 50 valence electrons. The number of rotatable bonds is 1. The largest absolute Gasteiger partial charge is 0.345 e. The molecule has 0 aliphatic carbocycles. The summed E-state index contributed by atoms with van der Waals surface area (Å²) < 4.78 is 8.19. The molecule has 0 aromatic carbocycles. The Morgan fingerprint density at radius 1 is 1.50 bits per heavy atom. The maximum Gasteiger partial charge on any atom is 0.153 e. The van der Waals surface area contributed by atoms with Crippen molar-refractivity contribution in [3.05, 3.63) is 12.5 Å². The second kappa shape index (κ2) is 2.14. The Bertz CT molecular complexity index is 257. The molecular weight excluding hydrogens is 152 g/mol. The molecule has 2 rings (SSSR count). The van der Waals surface area contributed by atoms with E-state index in [1.165, 1.54) is 17.8 Å². The van der Waals surface area contributed by atoms with Crippen LogP contribution in [0.15, 0.2) is 17.0 Å². The fourth-order valence-electron chi connectivity index (χ4n) is 0.552. The third-order valence-corrected chi connectivity index (χ3v) is 1.66. The summed E-state index contributed by atoms with van der Waals surface area (Å²) >= 11 is 1.26. The predicted molar refractivity (Wildman–Crippen MR) is 33.2 cm³/mol. The van der Waals surface area contributed by atoms with Crippen LogP contribution in [0.1, 0.15) is 0 Å². The first kappa shape index (κ1) is 5.48. The monoisotopic (exact) mass is 154 g/mol. The molecular formula is C4H2N4OS. The lowest BCUT2D eigenvalue weighted by Crippen LogP contribution is -1.69. The fourth-order valence-corrected chi connectivity index (χ4v) is 1.01. The van der Waals surface area contributed by atoms with Gasteiger partial charge in [-0.3, -0.25) is 0 Å². The summed E-state index contributed by atoms with van der Waals surface area (Å²) in [5, 5.41) is 10.6. The molecule has 0 unspecified atom stereocenters. The van der Waals surface area contributed by atoms with Gasteiger partial charge in [-0.15, -0.1) is 10.2 Å². The number of nitrogens with zero attached hydrogens (tertiary/aromatic N) is 4. The van der Waals surface area contributed by atoms with Crippen LogP contribution in [-0.2, 0) is 0 Å². The molecule has 0 saturated carbocycles. The minimum atomic E-state index is 0.676. The summed E-state index contributed by atoms with van der Waals surface area (Å²) in [5.74, 6) is 0. The predicted octanol–water partition coefficient (Wildman–Crippen LogP) is 0.588. The van der Waals surface area contributed by atoms with Crippen LogP contribution in [0.3, 0.4) is 0 Å². The first-order valence-corrected chi connectivity index (χ1v) is 3.29. The zero-order valence-electron chi connectivity index (χ0n) is 4.76. The Hall–Kier alpha value is -1.30. The Labute approximate surface area is 59.8 Å². The quantitative estimate of drug-likeness (QED) is 0.601. The van der Waals surface area contributed by atoms with Crippen molar-refractivity contribution in [1.29, 1.82) is 0 Å². The summed E-state index contributed by atoms with van der Waals surface area (Å²) in [6, 6.07) is 0. The van der Waals surface area contributed by atoms with Crippen molar-refractivity contribution in [2.75, 3.05) is 0 Å². The molecule has 0 fully saturated rings. The van der Waals surface area contributed by atoms with Crippen LogP contribution in [0, 0.1) is 0 Å². The second-order valence-electron chi connectivity index (χ2n) is 1.57. The van der Waals surface area contributed by atoms with Gasteiger partial charge in [0.25, 0.3) is 0 Å². The molecule has 0 amide bonds. The number of hydrogen-bond acceptors (Lipinski definition) is 6. The van der Waals surface area contributed by atoms with Crippen molar-refractivity contribution in [2.45, 2.75) is 0 Å². The van der Waals surface area contributed by atoms with Crippen LogP contribution in [-0.4, -0.2) is 20.0 Å². The lowest BCUT2D eigenvalue weighted by molar-refractivity contribution is 0.393. The molecule has 10 heavy (non-hydrogen) atoms. The minimum absolute atomic E-state index is 0.676. The van der Waals surface area contributed by atoms with Gasteiger partial charge in [0.2, 0.25) is 0 Å². The summed E-state index contributed by atoms with van der Waals surface area (Å²) in [6.45, 7) is 0. The Morgan fingerprint density at radius 3 is 3.10 bits per heavy atom. The smallest absolute Gasteiger partial charge is 0.153 e. The van der Waals surface area contributed by atoms with E-state index in [9.17, 15) is 0 Å². The van der Waals surface area contributed by atoms with Crippen molar-refractivity contribution in [3.8, 4) is 10.6 Å². The maximum atomic E-state index is 4.53. The van der Waals surface area contributed by atoms with E-state index in [-0.39, 0.29) is 0 Å². The second-order valence-corrected chi connectivity index (χ2v) is 2.36. The summed E-state index contributed by atoms with van der Waals surface area (Å²) in [6.07, 6.45) is 3.07. The molecule has 2 heterocycles. The number of aromatic nitrogens is 4. The SMILES string of the molecule is c1onnc1-c1cnns1. The molecule has 0 radical (unpaired) electrons. The molecule has 0 bridgehead atoms. The zero-order chi connectivity index (χ0) is 6.81. The molecule has 0 spiro atoms. The highest BCUT2D eigenvalue weighted by molar-refractivity contribution is 7.09. The Morgan fingerprint density at radius 2 is 2.50 bits per heavy atom. The molecule has 5 nitrogen and oxygen atoms in total. The highest BCUT2D eigenvalue weighted by atomic mass is 32.1. The van der Waals surface area contributed by atoms with Crippen LogP contribution in [0.5, 0.6) is 0 Å². The summed E-state index contributed by atoms with van der Waals surface area (Å²) in [7, 11) is 0. The van der Waals surface area contributed by atoms with Crippen molar-refractivity contribution < 1.29 is 4.52 Å². The van der Waals surface area contributed by atoms with Gasteiger partial charge in [0, 0.05) is 5.27 Å². The van der Waals surface area contributed by atoms with Gasteiger partial charge in [0.1, 0.15) is 5.69 Å². The van der Waals surface area contributed by atoms with E-state index in [0.29, 0.717) is 5.69 Å². The van der Waals surface area contributed by atoms with Gasteiger partial charge in [-0.25, -0.2) is 0 Å². The summed E-state index contributed by atoms with van der Waals surface area (Å²) in [5.41, 5.74) is 0.676. The fraction of sp³-hybridized carbons (Fsp3) is 0. The van der Waals surface area contributed by atoms with Crippen LogP contribution in [0.4, 0.5) is 0 Å². The maximum absolute atomic E-state index is 4.53. The van der Waals surface area contributed by atoms with Crippen molar-refractivity contribution in [2.24, 2.45) is 0 Å². The first-order valence-electron chi connectivity index (χ1n) is 2.51. The van der Waals surface area contributed by atoms with Crippen LogP contribution in [0.2, 0.25) is 0 Å². The van der Waals surface area contributed by atoms with Crippen molar-refractivity contribution in [3.63, 3.8) is 0 Å². The van der Waals surface area contributed by atoms with E-state index in [1.54, 1.807) is 6.20 Å². The van der Waals surface area contributed by atoms with E-state index < -0.39 is 0 Å². The first-order chi connectivity index (χ1) is 4.97. The molecule has 2 aromatic heterocycles. The highest BCUT2D eigenvalue weighted by Crippen LogP contribution is 2.17. The van der Waals surface area contributed by atoms with Gasteiger partial charge in [-0.05, 0) is 11.5 Å². The number of hydrogen-bond donors (Lipinski definition) is 0. The molecule has 0 aliphatic heterocycles. The highest BCUT2D eigenvalue weighted by Gasteiger charge is 2.02. The van der Waals surface area contributed by atoms with E-state index >= 15 is 0 Å². The van der Waals surface area contributed by atoms with Crippen molar-refractivity contribution >= 4 is 11.5 Å². The molecule has 0 aliphatic rings. The summed E-state index contributed by atoms with van der Waals surface area (Å²) in [4.78, 5) is 0.862. The van der Waals surface area contributed by atoms with E-state index in [2.05, 4.69) is 24.5 Å². The van der Waals surface area contributed by atoms with Gasteiger partial charge in [0.15, 0.2) is 6.26 Å². The minimum Gasteiger partial charge on any atom is -0.345 e. The standard InChI is InChI=1S/C4H2N4OS/c1-4(10-8-5-1)3-2-9-7-6-3/h1-2H. The third kappa shape index (κ3) is 0.781. The van der Waals surface area contributed by atoms with E-state index in [0.717, 1.165) is 4.88 Å². The average Bonchev–Trinajstić information content (AvgIpc) is 2.59. The van der Waals surface area contributed by atoms with E-state index in [1.807, 2.05) is 0 Å². The molecule has 0 atom stereocenters. The van der Waals surface area contributed by atoms with Gasteiger partial charge in [-0.1, -0.05) is 4.49 Å². The van der Waals surface area contributed by atoms with Gasteiger partial charge >= 0.3 is 0 Å². The van der Waals surface area contributed by atoms with Gasteiger partial charge < -0.3 is 4.52 Å². The Kier molecular flexibility index (Phi) is 1.17. The van der Waals surface area contributed by atoms with Gasteiger partial charge in [-0.2, -0.15) is 0 Å². The molecule has 2 aromatic rings. The van der Waals surface area contributed by atoms with Crippen LogP contribution < -0.4 is 0 Å².